The minimum absolute atomic E-state index is 0.0265. The third-order valence-electron chi connectivity index (χ3n) is 2.48. The first-order valence-electron chi connectivity index (χ1n) is 5.07. The number of Topliss-reactive ketones (excluding diaryl/α,β-unsaturated/α-hetero) is 1. The van der Waals surface area contributed by atoms with Gasteiger partial charge in [-0.05, 0) is 29.7 Å². The van der Waals surface area contributed by atoms with E-state index < -0.39 is 0 Å². The van der Waals surface area contributed by atoms with Gasteiger partial charge in [-0.3, -0.25) is 4.79 Å². The van der Waals surface area contributed by atoms with Gasteiger partial charge in [0.05, 0.1) is 19.0 Å². The highest BCUT2D eigenvalue weighted by atomic mass is 79.9. The zero-order valence-electron chi connectivity index (χ0n) is 9.42. The van der Waals surface area contributed by atoms with Crippen LogP contribution in [0.15, 0.2) is 12.1 Å². The van der Waals surface area contributed by atoms with Crippen molar-refractivity contribution < 1.29 is 14.6 Å². The standard InChI is InChI=1S/C12H15BrO3/c1-3-8-4-10(11(15)6-13)9(7-14)5-12(8)16-2/h4-5,14H,3,6-7H2,1-2H3. The van der Waals surface area contributed by atoms with Crippen molar-refractivity contribution in [2.75, 3.05) is 12.4 Å². The lowest BCUT2D eigenvalue weighted by molar-refractivity contribution is 0.102. The van der Waals surface area contributed by atoms with Gasteiger partial charge in [-0.25, -0.2) is 0 Å². The smallest absolute Gasteiger partial charge is 0.173 e. The molecule has 4 heteroatoms. The minimum atomic E-state index is -0.158. The summed E-state index contributed by atoms with van der Waals surface area (Å²) in [7, 11) is 1.58. The average molecular weight is 287 g/mol. The molecule has 1 rings (SSSR count). The van der Waals surface area contributed by atoms with Gasteiger partial charge in [0.15, 0.2) is 5.78 Å². The molecule has 1 aromatic carbocycles. The van der Waals surface area contributed by atoms with Crippen molar-refractivity contribution in [3.63, 3.8) is 0 Å². The Bertz CT molecular complexity index is 388. The van der Waals surface area contributed by atoms with E-state index in [9.17, 15) is 9.90 Å². The molecule has 0 spiro atoms. The Morgan fingerprint density at radius 2 is 2.12 bits per heavy atom. The molecule has 0 atom stereocenters. The predicted octanol–water partition coefficient (Wildman–Crippen LogP) is 2.33. The third-order valence-corrected chi connectivity index (χ3v) is 2.99. The van der Waals surface area contributed by atoms with Gasteiger partial charge in [0.25, 0.3) is 0 Å². The van der Waals surface area contributed by atoms with Crippen molar-refractivity contribution in [3.05, 3.63) is 28.8 Å². The van der Waals surface area contributed by atoms with Gasteiger partial charge in [-0.15, -0.1) is 0 Å². The van der Waals surface area contributed by atoms with E-state index >= 15 is 0 Å². The zero-order chi connectivity index (χ0) is 12.1. The molecule has 3 nitrogen and oxygen atoms in total. The zero-order valence-corrected chi connectivity index (χ0v) is 11.0. The number of carbonyl (C=O) groups is 1. The summed E-state index contributed by atoms with van der Waals surface area (Å²) in [5.74, 6) is 0.694. The first-order valence-corrected chi connectivity index (χ1v) is 6.19. The second-order valence-corrected chi connectivity index (χ2v) is 3.95. The normalized spacial score (nSPS) is 10.2. The van der Waals surface area contributed by atoms with E-state index in [-0.39, 0.29) is 17.7 Å². The number of aryl methyl sites for hydroxylation is 1. The maximum absolute atomic E-state index is 11.7. The molecule has 0 heterocycles. The van der Waals surface area contributed by atoms with Crippen molar-refractivity contribution >= 4 is 21.7 Å². The molecule has 0 aliphatic heterocycles. The summed E-state index contributed by atoms with van der Waals surface area (Å²) in [6.45, 7) is 1.84. The molecule has 0 saturated heterocycles. The monoisotopic (exact) mass is 286 g/mol. The molecule has 0 saturated carbocycles. The lowest BCUT2D eigenvalue weighted by atomic mass is 9.99. The number of carbonyl (C=O) groups excluding carboxylic acids is 1. The molecule has 0 aliphatic carbocycles. The van der Waals surface area contributed by atoms with Crippen molar-refractivity contribution in [1.82, 2.24) is 0 Å². The highest BCUT2D eigenvalue weighted by molar-refractivity contribution is 9.09. The van der Waals surface area contributed by atoms with E-state index in [4.69, 9.17) is 4.74 Å². The van der Waals surface area contributed by atoms with Gasteiger partial charge in [-0.2, -0.15) is 0 Å². The van der Waals surface area contributed by atoms with Gasteiger partial charge in [-0.1, -0.05) is 22.9 Å². The Morgan fingerprint density at radius 3 is 2.56 bits per heavy atom. The summed E-state index contributed by atoms with van der Waals surface area (Å²) in [6.07, 6.45) is 0.789. The average Bonchev–Trinajstić information content (AvgIpc) is 2.35. The number of rotatable bonds is 5. The number of aliphatic hydroxyl groups excluding tert-OH is 1. The fourth-order valence-corrected chi connectivity index (χ4v) is 1.90. The number of ether oxygens (including phenoxy) is 1. The van der Waals surface area contributed by atoms with Gasteiger partial charge >= 0.3 is 0 Å². The van der Waals surface area contributed by atoms with Crippen molar-refractivity contribution in [3.8, 4) is 5.75 Å². The second-order valence-electron chi connectivity index (χ2n) is 3.39. The Balaban J connectivity index is 3.31. The van der Waals surface area contributed by atoms with E-state index in [0.29, 0.717) is 11.1 Å². The Kier molecular flexibility index (Phi) is 4.96. The van der Waals surface area contributed by atoms with E-state index in [0.717, 1.165) is 17.7 Å². The fraction of sp³-hybridized carbons (Fsp3) is 0.417. The molecule has 0 aromatic heterocycles. The number of methoxy groups -OCH3 is 1. The van der Waals surface area contributed by atoms with E-state index in [1.54, 1.807) is 19.2 Å². The van der Waals surface area contributed by atoms with Gasteiger partial charge in [0.1, 0.15) is 5.75 Å². The van der Waals surface area contributed by atoms with Crippen molar-refractivity contribution in [1.29, 1.82) is 0 Å². The topological polar surface area (TPSA) is 46.5 Å². The fourth-order valence-electron chi connectivity index (χ4n) is 1.60. The molecule has 1 N–H and O–H groups in total. The summed E-state index contributed by atoms with van der Waals surface area (Å²) >= 11 is 3.13. The highest BCUT2D eigenvalue weighted by Crippen LogP contribution is 2.25. The number of aliphatic hydroxyl groups is 1. The quantitative estimate of drug-likeness (QED) is 0.668. The highest BCUT2D eigenvalue weighted by Gasteiger charge is 2.14. The molecular weight excluding hydrogens is 272 g/mol. The molecular formula is C12H15BrO3. The summed E-state index contributed by atoms with van der Waals surface area (Å²) in [5.41, 5.74) is 2.15. The predicted molar refractivity (Wildman–Crippen MR) is 66.4 cm³/mol. The lowest BCUT2D eigenvalue weighted by Gasteiger charge is -2.12. The van der Waals surface area contributed by atoms with Crippen LogP contribution in [0.3, 0.4) is 0 Å². The molecule has 0 amide bonds. The van der Waals surface area contributed by atoms with Crippen LogP contribution in [0.1, 0.15) is 28.4 Å². The number of hydrogen-bond donors (Lipinski definition) is 1. The second kappa shape index (κ2) is 6.01. The Labute approximate surface area is 104 Å². The number of benzene rings is 1. The Hall–Kier alpha value is -0.870. The lowest BCUT2D eigenvalue weighted by Crippen LogP contribution is -2.07. The van der Waals surface area contributed by atoms with Crippen LogP contribution < -0.4 is 4.74 Å². The molecule has 0 bridgehead atoms. The van der Waals surface area contributed by atoms with Crippen molar-refractivity contribution in [2.45, 2.75) is 20.0 Å². The van der Waals surface area contributed by atoms with Crippen LogP contribution in [-0.4, -0.2) is 23.3 Å². The first kappa shape index (κ1) is 13.2. The molecule has 16 heavy (non-hydrogen) atoms. The van der Waals surface area contributed by atoms with Gasteiger partial charge in [0, 0.05) is 5.56 Å². The van der Waals surface area contributed by atoms with Crippen LogP contribution in [0, 0.1) is 0 Å². The maximum atomic E-state index is 11.7. The maximum Gasteiger partial charge on any atom is 0.173 e. The van der Waals surface area contributed by atoms with Crippen LogP contribution in [-0.2, 0) is 13.0 Å². The van der Waals surface area contributed by atoms with Crippen LogP contribution in [0.2, 0.25) is 0 Å². The van der Waals surface area contributed by atoms with Crippen LogP contribution in [0.4, 0.5) is 0 Å². The summed E-state index contributed by atoms with van der Waals surface area (Å²) in [6, 6.07) is 3.53. The number of halogens is 1. The van der Waals surface area contributed by atoms with Crippen LogP contribution in [0.5, 0.6) is 5.75 Å². The number of hydrogen-bond acceptors (Lipinski definition) is 3. The molecule has 0 fully saturated rings. The molecule has 88 valence electrons. The SMILES string of the molecule is CCc1cc(C(=O)CBr)c(CO)cc1OC. The molecule has 0 aliphatic rings. The summed E-state index contributed by atoms with van der Waals surface area (Å²) in [4.78, 5) is 11.7. The van der Waals surface area contributed by atoms with Crippen molar-refractivity contribution in [2.24, 2.45) is 0 Å². The molecule has 0 unspecified atom stereocenters. The first-order chi connectivity index (χ1) is 7.67. The molecule has 1 aromatic rings. The van der Waals surface area contributed by atoms with Gasteiger partial charge < -0.3 is 9.84 Å². The summed E-state index contributed by atoms with van der Waals surface area (Å²) in [5, 5.41) is 9.48. The number of ketones is 1. The van der Waals surface area contributed by atoms with Gasteiger partial charge in [0.2, 0.25) is 0 Å². The van der Waals surface area contributed by atoms with Crippen LogP contribution in [0.25, 0.3) is 0 Å². The third kappa shape index (κ3) is 2.62. The number of alkyl halides is 1. The van der Waals surface area contributed by atoms with E-state index in [1.165, 1.54) is 0 Å². The van der Waals surface area contributed by atoms with E-state index in [2.05, 4.69) is 15.9 Å². The van der Waals surface area contributed by atoms with Crippen LogP contribution >= 0.6 is 15.9 Å². The Morgan fingerprint density at radius 1 is 1.44 bits per heavy atom. The largest absolute Gasteiger partial charge is 0.496 e. The molecule has 0 radical (unpaired) electrons. The minimum Gasteiger partial charge on any atom is -0.496 e. The van der Waals surface area contributed by atoms with E-state index in [1.807, 2.05) is 6.92 Å². The summed E-state index contributed by atoms with van der Waals surface area (Å²) < 4.78 is 5.21.